The van der Waals surface area contributed by atoms with Gasteiger partial charge in [0.1, 0.15) is 0 Å². The van der Waals surface area contributed by atoms with Gasteiger partial charge in [-0.25, -0.2) is 0 Å². The number of ether oxygens (including phenoxy) is 2. The number of carbonyl (C=O) groups is 1. The molecule has 17 heavy (non-hydrogen) atoms. The van der Waals surface area contributed by atoms with Crippen LogP contribution in [0.1, 0.15) is 16.8 Å². The van der Waals surface area contributed by atoms with E-state index < -0.39 is 6.10 Å². The minimum atomic E-state index is -0.409. The van der Waals surface area contributed by atoms with Gasteiger partial charge in [-0.05, 0) is 18.6 Å². The molecule has 1 atom stereocenters. The first-order chi connectivity index (χ1) is 8.25. The lowest BCUT2D eigenvalue weighted by Crippen LogP contribution is -2.29. The van der Waals surface area contributed by atoms with Crippen LogP contribution in [0.2, 0.25) is 0 Å². The van der Waals surface area contributed by atoms with E-state index in [0.29, 0.717) is 36.6 Å². The average molecular weight is 235 g/mol. The quantitative estimate of drug-likeness (QED) is 0.775. The molecule has 1 saturated heterocycles. The second-order valence-electron chi connectivity index (χ2n) is 4.23. The standard InChI is InChI=1S/C12H13NO4/c14-8-4-5-13(6-8)12(15)9-2-1-3-10-11(9)17-7-16-10/h1-3,8,14H,4-7H2. The van der Waals surface area contributed by atoms with Crippen molar-refractivity contribution in [3.8, 4) is 11.5 Å². The third-order valence-electron chi connectivity index (χ3n) is 3.08. The van der Waals surface area contributed by atoms with Crippen molar-refractivity contribution in [1.82, 2.24) is 4.90 Å². The van der Waals surface area contributed by atoms with E-state index in [1.54, 1.807) is 23.1 Å². The fraction of sp³-hybridized carbons (Fsp3) is 0.417. The van der Waals surface area contributed by atoms with E-state index in [1.807, 2.05) is 0 Å². The average Bonchev–Trinajstić information content (AvgIpc) is 2.95. The zero-order chi connectivity index (χ0) is 11.8. The Kier molecular flexibility index (Phi) is 2.40. The number of likely N-dealkylation sites (tertiary alicyclic amines) is 1. The molecule has 1 aromatic carbocycles. The molecule has 0 aromatic heterocycles. The molecule has 2 aliphatic rings. The molecule has 5 nitrogen and oxygen atoms in total. The largest absolute Gasteiger partial charge is 0.454 e. The smallest absolute Gasteiger partial charge is 0.257 e. The summed E-state index contributed by atoms with van der Waals surface area (Å²) in [4.78, 5) is 13.9. The minimum Gasteiger partial charge on any atom is -0.454 e. The topological polar surface area (TPSA) is 59.0 Å². The summed E-state index contributed by atoms with van der Waals surface area (Å²) >= 11 is 0. The third-order valence-corrected chi connectivity index (χ3v) is 3.08. The summed E-state index contributed by atoms with van der Waals surface area (Å²) < 4.78 is 10.5. The Bertz CT molecular complexity index is 460. The first-order valence-electron chi connectivity index (χ1n) is 5.61. The van der Waals surface area contributed by atoms with Crippen molar-refractivity contribution in [2.24, 2.45) is 0 Å². The summed E-state index contributed by atoms with van der Waals surface area (Å²) in [5, 5.41) is 9.44. The van der Waals surface area contributed by atoms with E-state index in [-0.39, 0.29) is 12.7 Å². The second kappa shape index (κ2) is 3.92. The van der Waals surface area contributed by atoms with Crippen molar-refractivity contribution >= 4 is 5.91 Å². The van der Waals surface area contributed by atoms with E-state index in [1.165, 1.54) is 0 Å². The summed E-state index contributed by atoms with van der Waals surface area (Å²) in [6, 6.07) is 5.27. The molecule has 5 heteroatoms. The molecular weight excluding hydrogens is 222 g/mol. The molecule has 2 aliphatic heterocycles. The zero-order valence-electron chi connectivity index (χ0n) is 9.26. The van der Waals surface area contributed by atoms with Gasteiger partial charge in [-0.15, -0.1) is 0 Å². The van der Waals surface area contributed by atoms with Crippen molar-refractivity contribution in [3.63, 3.8) is 0 Å². The molecule has 1 aromatic rings. The Labute approximate surface area is 98.6 Å². The van der Waals surface area contributed by atoms with Gasteiger partial charge in [-0.3, -0.25) is 4.79 Å². The van der Waals surface area contributed by atoms with Crippen LogP contribution in [-0.2, 0) is 0 Å². The Morgan fingerprint density at radius 2 is 2.29 bits per heavy atom. The lowest BCUT2D eigenvalue weighted by molar-refractivity contribution is 0.0760. The molecule has 0 bridgehead atoms. The van der Waals surface area contributed by atoms with Crippen LogP contribution < -0.4 is 9.47 Å². The maximum atomic E-state index is 12.2. The molecule has 1 N–H and O–H groups in total. The number of β-amino-alcohol motifs (C(OH)–C–C–N with tert-alkyl or cyclic N) is 1. The van der Waals surface area contributed by atoms with Crippen molar-refractivity contribution in [2.45, 2.75) is 12.5 Å². The minimum absolute atomic E-state index is 0.107. The van der Waals surface area contributed by atoms with Crippen LogP contribution in [0.15, 0.2) is 18.2 Å². The van der Waals surface area contributed by atoms with Crippen LogP contribution in [0.4, 0.5) is 0 Å². The van der Waals surface area contributed by atoms with Crippen LogP contribution in [-0.4, -0.2) is 41.9 Å². The van der Waals surface area contributed by atoms with Gasteiger partial charge < -0.3 is 19.5 Å². The molecule has 90 valence electrons. The second-order valence-corrected chi connectivity index (χ2v) is 4.23. The lowest BCUT2D eigenvalue weighted by atomic mass is 10.1. The van der Waals surface area contributed by atoms with Crippen molar-refractivity contribution in [1.29, 1.82) is 0 Å². The fourth-order valence-electron chi connectivity index (χ4n) is 2.20. The molecule has 1 unspecified atom stereocenters. The van der Waals surface area contributed by atoms with Crippen molar-refractivity contribution in [2.75, 3.05) is 19.9 Å². The van der Waals surface area contributed by atoms with Gasteiger partial charge in [-0.1, -0.05) is 6.07 Å². The molecule has 0 spiro atoms. The van der Waals surface area contributed by atoms with E-state index in [9.17, 15) is 9.90 Å². The Balaban J connectivity index is 1.89. The summed E-state index contributed by atoms with van der Waals surface area (Å²) in [6.07, 6.45) is 0.228. The number of carbonyl (C=O) groups excluding carboxylic acids is 1. The van der Waals surface area contributed by atoms with Crippen LogP contribution >= 0.6 is 0 Å². The summed E-state index contributed by atoms with van der Waals surface area (Å²) in [6.45, 7) is 1.14. The van der Waals surface area contributed by atoms with E-state index in [0.717, 1.165) is 0 Å². The Morgan fingerprint density at radius 3 is 3.06 bits per heavy atom. The Hall–Kier alpha value is -1.75. The molecule has 0 radical (unpaired) electrons. The lowest BCUT2D eigenvalue weighted by Gasteiger charge is -2.16. The monoisotopic (exact) mass is 235 g/mol. The van der Waals surface area contributed by atoms with Gasteiger partial charge in [0.15, 0.2) is 11.5 Å². The number of aliphatic hydroxyl groups is 1. The third kappa shape index (κ3) is 1.72. The van der Waals surface area contributed by atoms with Gasteiger partial charge >= 0.3 is 0 Å². The van der Waals surface area contributed by atoms with Gasteiger partial charge in [0.05, 0.1) is 11.7 Å². The predicted octanol–water partition coefficient (Wildman–Crippen LogP) is 0.622. The fourth-order valence-corrected chi connectivity index (χ4v) is 2.20. The maximum absolute atomic E-state index is 12.2. The number of aliphatic hydroxyl groups excluding tert-OH is 1. The van der Waals surface area contributed by atoms with Gasteiger partial charge in [0, 0.05) is 13.1 Å². The van der Waals surface area contributed by atoms with Gasteiger partial charge in [0.25, 0.3) is 5.91 Å². The summed E-state index contributed by atoms with van der Waals surface area (Å²) in [5.41, 5.74) is 0.508. The van der Waals surface area contributed by atoms with Crippen LogP contribution in [0.25, 0.3) is 0 Å². The van der Waals surface area contributed by atoms with Crippen molar-refractivity contribution < 1.29 is 19.4 Å². The highest BCUT2D eigenvalue weighted by atomic mass is 16.7. The first-order valence-corrected chi connectivity index (χ1v) is 5.61. The molecule has 0 saturated carbocycles. The van der Waals surface area contributed by atoms with E-state index in [4.69, 9.17) is 9.47 Å². The molecule has 0 aliphatic carbocycles. The normalized spacial score (nSPS) is 21.9. The maximum Gasteiger partial charge on any atom is 0.257 e. The SMILES string of the molecule is O=C(c1cccc2c1OCO2)N1CCC(O)C1. The number of amides is 1. The molecule has 3 rings (SSSR count). The van der Waals surface area contributed by atoms with E-state index in [2.05, 4.69) is 0 Å². The number of nitrogens with zero attached hydrogens (tertiary/aromatic N) is 1. The highest BCUT2D eigenvalue weighted by Crippen LogP contribution is 2.36. The molecule has 1 fully saturated rings. The number of hydrogen-bond donors (Lipinski definition) is 1. The highest BCUT2D eigenvalue weighted by molar-refractivity contribution is 5.98. The summed E-state index contributed by atoms with van der Waals surface area (Å²) in [7, 11) is 0. The first kappa shape index (κ1) is 10.4. The van der Waals surface area contributed by atoms with E-state index >= 15 is 0 Å². The van der Waals surface area contributed by atoms with Crippen LogP contribution in [0, 0.1) is 0 Å². The van der Waals surface area contributed by atoms with Crippen LogP contribution in [0.3, 0.4) is 0 Å². The van der Waals surface area contributed by atoms with Gasteiger partial charge in [-0.2, -0.15) is 0 Å². The van der Waals surface area contributed by atoms with Crippen LogP contribution in [0.5, 0.6) is 11.5 Å². The Morgan fingerprint density at radius 1 is 1.41 bits per heavy atom. The van der Waals surface area contributed by atoms with Gasteiger partial charge in [0.2, 0.25) is 6.79 Å². The molecule has 2 heterocycles. The number of fused-ring (bicyclic) bond motifs is 1. The molecule has 1 amide bonds. The molecular formula is C12H13NO4. The number of hydrogen-bond acceptors (Lipinski definition) is 4. The number of benzene rings is 1. The number of rotatable bonds is 1. The number of para-hydroxylation sites is 1. The predicted molar refractivity (Wildman–Crippen MR) is 59.1 cm³/mol. The van der Waals surface area contributed by atoms with Crippen molar-refractivity contribution in [3.05, 3.63) is 23.8 Å². The zero-order valence-corrected chi connectivity index (χ0v) is 9.26. The highest BCUT2D eigenvalue weighted by Gasteiger charge is 2.29. The summed E-state index contributed by atoms with van der Waals surface area (Å²) in [5.74, 6) is 1.01.